The van der Waals surface area contributed by atoms with Crippen molar-refractivity contribution >= 4 is 21.5 Å². The molecule has 214 valence electrons. The Morgan fingerprint density at radius 1 is 0.348 bits per heavy atom. The molecular weight excluding hydrogens is 560 g/mol. The van der Waals surface area contributed by atoms with E-state index in [0.29, 0.717) is 0 Å². The lowest BCUT2D eigenvalue weighted by Crippen LogP contribution is -2.22. The second kappa shape index (κ2) is 9.80. The zero-order valence-corrected chi connectivity index (χ0v) is 24.8. The number of hydrogen-bond acceptors (Lipinski definition) is 2. The Hall–Kier alpha value is -5.90. The Bertz CT molecular complexity index is 2360. The molecular formula is C44H26O2. The van der Waals surface area contributed by atoms with Crippen LogP contribution in [0.2, 0.25) is 0 Å². The molecule has 0 fully saturated rings. The average Bonchev–Trinajstić information content (AvgIpc) is 3.50. The highest BCUT2D eigenvalue weighted by molar-refractivity contribution is 5.95. The zero-order valence-electron chi connectivity index (χ0n) is 24.8. The smallest absolute Gasteiger partial charge is 0.178 e. The first kappa shape index (κ1) is 26.5. The highest BCUT2D eigenvalue weighted by atomic mass is 16.3. The molecule has 0 saturated carbocycles. The van der Waals surface area contributed by atoms with Crippen molar-refractivity contribution in [2.45, 2.75) is 11.2 Å². The minimum Gasteiger partial charge on any atom is -0.369 e. The van der Waals surface area contributed by atoms with E-state index in [4.69, 9.17) is 0 Å². The Labute approximate surface area is 267 Å². The van der Waals surface area contributed by atoms with Crippen LogP contribution < -0.4 is 0 Å². The van der Waals surface area contributed by atoms with Crippen molar-refractivity contribution in [3.8, 4) is 45.9 Å². The van der Waals surface area contributed by atoms with Crippen LogP contribution in [0.1, 0.15) is 33.4 Å². The van der Waals surface area contributed by atoms with Crippen LogP contribution in [0, 0.1) is 23.7 Å². The van der Waals surface area contributed by atoms with Crippen LogP contribution in [0.3, 0.4) is 0 Å². The molecule has 2 N–H and O–H groups in total. The van der Waals surface area contributed by atoms with Gasteiger partial charge < -0.3 is 10.2 Å². The molecule has 2 heteroatoms. The van der Waals surface area contributed by atoms with Gasteiger partial charge in [-0.1, -0.05) is 127 Å². The highest BCUT2D eigenvalue weighted by Crippen LogP contribution is 2.50. The fraction of sp³-hybridized carbons (Fsp3) is 0.0455. The summed E-state index contributed by atoms with van der Waals surface area (Å²) < 4.78 is 0. The maximum Gasteiger partial charge on any atom is 0.178 e. The molecule has 0 aromatic heterocycles. The van der Waals surface area contributed by atoms with Crippen LogP contribution in [0.25, 0.3) is 43.8 Å². The summed E-state index contributed by atoms with van der Waals surface area (Å²) in [6.45, 7) is 0. The standard InChI is InChI=1S/C44H26O2/c45-43(39-18-7-5-16-35(39)37-25-31-12-1-3-14-33(31)27-41(37)43)22-20-29-10-9-11-30(24-29)21-23-44(46)40-19-8-6-17-36(40)38-26-32-13-2-4-15-34(32)28-42(38)44/h1-19,24-28,45-46H. The number of fused-ring (bicyclic) bond motifs is 8. The topological polar surface area (TPSA) is 40.5 Å². The first-order valence-electron chi connectivity index (χ1n) is 15.4. The number of benzene rings is 7. The van der Waals surface area contributed by atoms with E-state index in [1.807, 2.05) is 97.1 Å². The first-order valence-corrected chi connectivity index (χ1v) is 15.4. The lowest BCUT2D eigenvalue weighted by Gasteiger charge is -2.19. The SMILES string of the molecule is OC1(C#Cc2cccc(C#CC3(O)c4ccccc4-c4cc5ccccc5cc43)c2)c2ccccc2-c2cc3ccccc3cc21. The number of aliphatic hydroxyl groups is 2. The molecule has 2 nitrogen and oxygen atoms in total. The summed E-state index contributed by atoms with van der Waals surface area (Å²) in [5.74, 6) is 13.0. The minimum absolute atomic E-state index is 0.733. The second-order valence-corrected chi connectivity index (χ2v) is 12.1. The molecule has 2 atom stereocenters. The van der Waals surface area contributed by atoms with Gasteiger partial charge in [-0.05, 0) is 86.3 Å². The van der Waals surface area contributed by atoms with E-state index in [2.05, 4.69) is 72.2 Å². The lowest BCUT2D eigenvalue weighted by atomic mass is 9.90. The van der Waals surface area contributed by atoms with Gasteiger partial charge in [0.2, 0.25) is 0 Å². The monoisotopic (exact) mass is 586 g/mol. The second-order valence-electron chi connectivity index (χ2n) is 12.1. The third kappa shape index (κ3) is 3.89. The van der Waals surface area contributed by atoms with Gasteiger partial charge in [-0.2, -0.15) is 0 Å². The van der Waals surface area contributed by atoms with Gasteiger partial charge >= 0.3 is 0 Å². The maximum absolute atomic E-state index is 12.2. The Morgan fingerprint density at radius 2 is 0.739 bits per heavy atom. The molecule has 0 heterocycles. The molecule has 0 spiro atoms. The predicted octanol–water partition coefficient (Wildman–Crippen LogP) is 8.53. The van der Waals surface area contributed by atoms with Crippen molar-refractivity contribution < 1.29 is 10.2 Å². The van der Waals surface area contributed by atoms with E-state index in [-0.39, 0.29) is 0 Å². The Kier molecular flexibility index (Phi) is 5.65. The van der Waals surface area contributed by atoms with Crippen LogP contribution in [0.4, 0.5) is 0 Å². The van der Waals surface area contributed by atoms with Crippen molar-refractivity contribution in [1.29, 1.82) is 0 Å². The fourth-order valence-electron chi connectivity index (χ4n) is 7.15. The van der Waals surface area contributed by atoms with E-state index in [1.54, 1.807) is 0 Å². The fourth-order valence-corrected chi connectivity index (χ4v) is 7.15. The first-order chi connectivity index (χ1) is 22.5. The summed E-state index contributed by atoms with van der Waals surface area (Å²) in [5.41, 5.74) is 5.74. The minimum atomic E-state index is -1.45. The molecule has 0 amide bonds. The third-order valence-electron chi connectivity index (χ3n) is 9.40. The molecule has 2 aliphatic carbocycles. The van der Waals surface area contributed by atoms with Crippen LogP contribution >= 0.6 is 0 Å². The molecule has 7 aromatic carbocycles. The molecule has 0 aliphatic heterocycles. The summed E-state index contributed by atoms with van der Waals surface area (Å²) in [5, 5.41) is 28.8. The van der Waals surface area contributed by atoms with Gasteiger partial charge in [0.05, 0.1) is 0 Å². The van der Waals surface area contributed by atoms with Gasteiger partial charge in [-0.3, -0.25) is 0 Å². The van der Waals surface area contributed by atoms with Crippen molar-refractivity contribution in [2.24, 2.45) is 0 Å². The van der Waals surface area contributed by atoms with Crippen molar-refractivity contribution in [3.05, 3.63) is 179 Å². The normalized spacial score (nSPS) is 18.5. The molecule has 0 radical (unpaired) electrons. The van der Waals surface area contributed by atoms with E-state index >= 15 is 0 Å². The van der Waals surface area contributed by atoms with E-state index < -0.39 is 11.2 Å². The largest absolute Gasteiger partial charge is 0.369 e. The average molecular weight is 587 g/mol. The van der Waals surface area contributed by atoms with Crippen molar-refractivity contribution in [2.75, 3.05) is 0 Å². The summed E-state index contributed by atoms with van der Waals surface area (Å²) in [6.07, 6.45) is 0. The Balaban J connectivity index is 1.12. The quantitative estimate of drug-likeness (QED) is 0.175. The van der Waals surface area contributed by atoms with E-state index in [1.165, 1.54) is 0 Å². The number of hydrogen-bond donors (Lipinski definition) is 2. The molecule has 0 bridgehead atoms. The molecule has 7 aromatic rings. The molecule has 0 saturated heterocycles. The maximum atomic E-state index is 12.2. The van der Waals surface area contributed by atoms with Gasteiger partial charge in [-0.25, -0.2) is 0 Å². The summed E-state index contributed by atoms with van der Waals surface area (Å²) in [4.78, 5) is 0. The van der Waals surface area contributed by atoms with Crippen molar-refractivity contribution in [3.63, 3.8) is 0 Å². The zero-order chi connectivity index (χ0) is 30.9. The van der Waals surface area contributed by atoms with E-state index in [9.17, 15) is 10.2 Å². The summed E-state index contributed by atoms with van der Waals surface area (Å²) >= 11 is 0. The van der Waals surface area contributed by atoms with Crippen LogP contribution in [-0.2, 0) is 11.2 Å². The Morgan fingerprint density at radius 3 is 1.20 bits per heavy atom. The predicted molar refractivity (Wildman–Crippen MR) is 185 cm³/mol. The molecule has 2 aliphatic rings. The molecule has 46 heavy (non-hydrogen) atoms. The van der Waals surface area contributed by atoms with Crippen LogP contribution in [-0.4, -0.2) is 10.2 Å². The third-order valence-corrected chi connectivity index (χ3v) is 9.40. The highest BCUT2D eigenvalue weighted by Gasteiger charge is 2.41. The van der Waals surface area contributed by atoms with Crippen molar-refractivity contribution in [1.82, 2.24) is 0 Å². The van der Waals surface area contributed by atoms with Gasteiger partial charge in [-0.15, -0.1) is 0 Å². The van der Waals surface area contributed by atoms with Crippen LogP contribution in [0.5, 0.6) is 0 Å². The van der Waals surface area contributed by atoms with Gasteiger partial charge in [0, 0.05) is 33.4 Å². The summed E-state index contributed by atoms with van der Waals surface area (Å²) in [6, 6.07) is 48.4. The lowest BCUT2D eigenvalue weighted by molar-refractivity contribution is 0.150. The van der Waals surface area contributed by atoms with Gasteiger partial charge in [0.15, 0.2) is 11.2 Å². The summed E-state index contributed by atoms with van der Waals surface area (Å²) in [7, 11) is 0. The van der Waals surface area contributed by atoms with E-state index in [0.717, 1.165) is 77.2 Å². The number of rotatable bonds is 0. The van der Waals surface area contributed by atoms with Gasteiger partial charge in [0.25, 0.3) is 0 Å². The molecule has 2 unspecified atom stereocenters. The van der Waals surface area contributed by atoms with Crippen LogP contribution in [0.15, 0.2) is 146 Å². The van der Waals surface area contributed by atoms with Gasteiger partial charge in [0.1, 0.15) is 0 Å². The molecule has 9 rings (SSSR count).